The molecule has 2 heterocycles. The standard InChI is InChI=1S/C17H29N3O/c1-17(2,3)19-12-14-8-9-18-16(11-14)20(4)13-15-7-5-6-10-21-15/h8-9,11,15,19H,5-7,10,12-13H2,1-4H3. The molecule has 0 radical (unpaired) electrons. The lowest BCUT2D eigenvalue weighted by atomic mass is 10.1. The second-order valence-corrected chi connectivity index (χ2v) is 6.99. The molecule has 0 aliphatic carbocycles. The van der Waals surface area contributed by atoms with E-state index in [-0.39, 0.29) is 5.54 Å². The molecule has 1 N–H and O–H groups in total. The van der Waals surface area contributed by atoms with Crippen LogP contribution in [0.3, 0.4) is 0 Å². The molecule has 0 aromatic carbocycles. The van der Waals surface area contributed by atoms with Gasteiger partial charge in [0.25, 0.3) is 0 Å². The molecule has 1 aromatic heterocycles. The minimum absolute atomic E-state index is 0.130. The number of likely N-dealkylation sites (N-methyl/N-ethyl adjacent to an activating group) is 1. The molecule has 2 rings (SSSR count). The summed E-state index contributed by atoms with van der Waals surface area (Å²) in [7, 11) is 2.10. The highest BCUT2D eigenvalue weighted by molar-refractivity contribution is 5.40. The Kier molecular flexibility index (Phi) is 5.59. The smallest absolute Gasteiger partial charge is 0.128 e. The Morgan fingerprint density at radius 1 is 1.38 bits per heavy atom. The highest BCUT2D eigenvalue weighted by Gasteiger charge is 2.17. The fourth-order valence-corrected chi connectivity index (χ4v) is 2.50. The fraction of sp³-hybridized carbons (Fsp3) is 0.706. The van der Waals surface area contributed by atoms with Gasteiger partial charge in [-0.2, -0.15) is 0 Å². The number of pyridine rings is 1. The van der Waals surface area contributed by atoms with E-state index in [1.807, 2.05) is 6.20 Å². The maximum absolute atomic E-state index is 5.81. The number of ether oxygens (including phenoxy) is 1. The minimum Gasteiger partial charge on any atom is -0.376 e. The third kappa shape index (κ3) is 5.64. The Hall–Kier alpha value is -1.13. The molecule has 118 valence electrons. The Morgan fingerprint density at radius 3 is 2.86 bits per heavy atom. The quantitative estimate of drug-likeness (QED) is 0.905. The van der Waals surface area contributed by atoms with Crippen LogP contribution in [0, 0.1) is 0 Å². The van der Waals surface area contributed by atoms with E-state index >= 15 is 0 Å². The third-order valence-electron chi connectivity index (χ3n) is 3.78. The molecule has 1 aliphatic rings. The van der Waals surface area contributed by atoms with Crippen molar-refractivity contribution < 1.29 is 4.74 Å². The number of aromatic nitrogens is 1. The summed E-state index contributed by atoms with van der Waals surface area (Å²) in [5, 5.41) is 3.51. The van der Waals surface area contributed by atoms with Gasteiger partial charge in [-0.1, -0.05) is 0 Å². The summed E-state index contributed by atoms with van der Waals surface area (Å²) in [4.78, 5) is 6.70. The van der Waals surface area contributed by atoms with E-state index in [1.165, 1.54) is 18.4 Å². The van der Waals surface area contributed by atoms with Crippen LogP contribution in [-0.4, -0.2) is 36.8 Å². The van der Waals surface area contributed by atoms with Crippen LogP contribution in [0.4, 0.5) is 5.82 Å². The van der Waals surface area contributed by atoms with Gasteiger partial charge in [0.05, 0.1) is 6.10 Å². The molecule has 21 heavy (non-hydrogen) atoms. The third-order valence-corrected chi connectivity index (χ3v) is 3.78. The largest absolute Gasteiger partial charge is 0.376 e. The topological polar surface area (TPSA) is 37.4 Å². The van der Waals surface area contributed by atoms with Crippen LogP contribution in [-0.2, 0) is 11.3 Å². The zero-order valence-electron chi connectivity index (χ0n) is 13.9. The van der Waals surface area contributed by atoms with Crippen LogP contribution in [0.5, 0.6) is 0 Å². The van der Waals surface area contributed by atoms with Gasteiger partial charge in [0.1, 0.15) is 5.82 Å². The van der Waals surface area contributed by atoms with Crippen molar-refractivity contribution in [3.8, 4) is 0 Å². The first-order valence-electron chi connectivity index (χ1n) is 7.97. The van der Waals surface area contributed by atoms with E-state index in [0.29, 0.717) is 6.10 Å². The van der Waals surface area contributed by atoms with E-state index in [2.05, 4.69) is 55.2 Å². The average Bonchev–Trinajstić information content (AvgIpc) is 2.46. The summed E-state index contributed by atoms with van der Waals surface area (Å²) in [5.74, 6) is 1.03. The molecule has 4 nitrogen and oxygen atoms in total. The molecule has 1 unspecified atom stereocenters. The molecule has 1 saturated heterocycles. The van der Waals surface area contributed by atoms with Crippen LogP contribution in [0.2, 0.25) is 0 Å². The van der Waals surface area contributed by atoms with Crippen molar-refractivity contribution in [3.05, 3.63) is 23.9 Å². The van der Waals surface area contributed by atoms with Gasteiger partial charge in [-0.15, -0.1) is 0 Å². The van der Waals surface area contributed by atoms with Gasteiger partial charge in [-0.05, 0) is 57.7 Å². The van der Waals surface area contributed by atoms with Crippen LogP contribution >= 0.6 is 0 Å². The number of nitrogens with zero attached hydrogens (tertiary/aromatic N) is 2. The van der Waals surface area contributed by atoms with Gasteiger partial charge < -0.3 is 15.0 Å². The van der Waals surface area contributed by atoms with Crippen molar-refractivity contribution >= 4 is 5.82 Å². The lowest BCUT2D eigenvalue weighted by Gasteiger charge is -2.28. The number of anilines is 1. The number of rotatable bonds is 5. The molecule has 0 bridgehead atoms. The van der Waals surface area contributed by atoms with Crippen molar-refractivity contribution in [3.63, 3.8) is 0 Å². The minimum atomic E-state index is 0.130. The first-order chi connectivity index (χ1) is 9.94. The van der Waals surface area contributed by atoms with Crippen molar-refractivity contribution in [2.75, 3.05) is 25.1 Å². The molecule has 1 fully saturated rings. The van der Waals surface area contributed by atoms with E-state index in [1.54, 1.807) is 0 Å². The van der Waals surface area contributed by atoms with E-state index < -0.39 is 0 Å². The maximum Gasteiger partial charge on any atom is 0.128 e. The Labute approximate surface area is 128 Å². The molecule has 4 heteroatoms. The summed E-state index contributed by atoms with van der Waals surface area (Å²) in [6.07, 6.45) is 5.89. The summed E-state index contributed by atoms with van der Waals surface area (Å²) >= 11 is 0. The molecule has 0 saturated carbocycles. The molecular weight excluding hydrogens is 262 g/mol. The summed E-state index contributed by atoms with van der Waals surface area (Å²) in [6, 6.07) is 4.24. The highest BCUT2D eigenvalue weighted by Crippen LogP contribution is 2.17. The van der Waals surface area contributed by atoms with Gasteiger partial charge in [0.15, 0.2) is 0 Å². The van der Waals surface area contributed by atoms with Crippen molar-refractivity contribution in [1.82, 2.24) is 10.3 Å². The van der Waals surface area contributed by atoms with Crippen molar-refractivity contribution in [1.29, 1.82) is 0 Å². The summed E-state index contributed by atoms with van der Waals surface area (Å²) in [6.45, 7) is 9.24. The molecule has 0 spiro atoms. The van der Waals surface area contributed by atoms with Gasteiger partial charge in [0, 0.05) is 38.5 Å². The maximum atomic E-state index is 5.81. The number of hydrogen-bond donors (Lipinski definition) is 1. The number of hydrogen-bond acceptors (Lipinski definition) is 4. The van der Waals surface area contributed by atoms with Crippen molar-refractivity contribution in [2.45, 2.75) is 58.2 Å². The van der Waals surface area contributed by atoms with E-state index in [0.717, 1.165) is 31.9 Å². The van der Waals surface area contributed by atoms with Crippen molar-refractivity contribution in [2.24, 2.45) is 0 Å². The zero-order chi connectivity index (χ0) is 15.3. The Balaban J connectivity index is 1.92. The summed E-state index contributed by atoms with van der Waals surface area (Å²) in [5.41, 5.74) is 1.40. The van der Waals surface area contributed by atoms with Crippen LogP contribution in [0.25, 0.3) is 0 Å². The molecule has 1 aliphatic heterocycles. The highest BCUT2D eigenvalue weighted by atomic mass is 16.5. The summed E-state index contributed by atoms with van der Waals surface area (Å²) < 4.78 is 5.81. The van der Waals surface area contributed by atoms with Gasteiger partial charge in [-0.25, -0.2) is 4.98 Å². The number of nitrogens with one attached hydrogen (secondary N) is 1. The monoisotopic (exact) mass is 291 g/mol. The Bertz CT molecular complexity index is 436. The van der Waals surface area contributed by atoms with Crippen LogP contribution in [0.1, 0.15) is 45.6 Å². The second-order valence-electron chi connectivity index (χ2n) is 6.99. The van der Waals surface area contributed by atoms with Gasteiger partial charge in [0.2, 0.25) is 0 Å². The fourth-order valence-electron chi connectivity index (χ4n) is 2.50. The zero-order valence-corrected chi connectivity index (χ0v) is 13.9. The first kappa shape index (κ1) is 16.2. The van der Waals surface area contributed by atoms with Gasteiger partial charge in [-0.3, -0.25) is 0 Å². The Morgan fingerprint density at radius 2 is 2.19 bits per heavy atom. The predicted molar refractivity (Wildman–Crippen MR) is 87.7 cm³/mol. The van der Waals surface area contributed by atoms with Gasteiger partial charge >= 0.3 is 0 Å². The normalized spacial score (nSPS) is 19.5. The predicted octanol–water partition coefficient (Wildman–Crippen LogP) is 2.98. The second kappa shape index (κ2) is 7.23. The average molecular weight is 291 g/mol. The molecule has 0 amide bonds. The van der Waals surface area contributed by atoms with E-state index in [4.69, 9.17) is 4.74 Å². The van der Waals surface area contributed by atoms with Crippen LogP contribution in [0.15, 0.2) is 18.3 Å². The molecule has 1 atom stereocenters. The van der Waals surface area contributed by atoms with E-state index in [9.17, 15) is 0 Å². The molecule has 1 aromatic rings. The SMILES string of the molecule is CN(CC1CCCCO1)c1cc(CNC(C)(C)C)ccn1. The lowest BCUT2D eigenvalue weighted by molar-refractivity contribution is 0.0215. The lowest BCUT2D eigenvalue weighted by Crippen LogP contribution is -2.35. The van der Waals surface area contributed by atoms with Crippen LogP contribution < -0.4 is 10.2 Å². The molecular formula is C17H29N3O. The first-order valence-corrected chi connectivity index (χ1v) is 7.97.